The van der Waals surface area contributed by atoms with E-state index in [1.807, 2.05) is 0 Å². The smallest absolute Gasteiger partial charge is 0.159 e. The van der Waals surface area contributed by atoms with E-state index in [2.05, 4.69) is 10.2 Å². The molecule has 0 saturated carbocycles. The van der Waals surface area contributed by atoms with Crippen molar-refractivity contribution in [1.82, 2.24) is 10.2 Å². The lowest BCUT2D eigenvalue weighted by molar-refractivity contribution is 0.506. The van der Waals surface area contributed by atoms with Crippen LogP contribution in [0.2, 0.25) is 0 Å². The highest BCUT2D eigenvalue weighted by molar-refractivity contribution is 5.37. The molecule has 4 heteroatoms. The number of hydrogen-bond donors (Lipinski definition) is 1. The first-order valence-electron chi connectivity index (χ1n) is 5.23. The van der Waals surface area contributed by atoms with Crippen LogP contribution in [0.15, 0.2) is 24.4 Å². The molecule has 16 heavy (non-hydrogen) atoms. The lowest BCUT2D eigenvalue weighted by Gasteiger charge is -2.10. The number of fused-ring (bicyclic) bond motifs is 1. The predicted octanol–water partition coefficient (Wildman–Crippen LogP) is 2.77. The van der Waals surface area contributed by atoms with Gasteiger partial charge in [0.15, 0.2) is 11.6 Å². The highest BCUT2D eigenvalue weighted by Crippen LogP contribution is 2.37. The Morgan fingerprint density at radius 1 is 1.25 bits per heavy atom. The Labute approximate surface area is 91.3 Å². The normalized spacial score (nSPS) is 18.8. The molecular formula is C12H10F2N2. The summed E-state index contributed by atoms with van der Waals surface area (Å²) in [6.07, 6.45) is 3.61. The number of aryl methyl sites for hydroxylation is 1. The second kappa shape index (κ2) is 3.40. The maximum absolute atomic E-state index is 13.1. The lowest BCUT2D eigenvalue weighted by Crippen LogP contribution is -1.97. The van der Waals surface area contributed by atoms with E-state index in [-0.39, 0.29) is 5.92 Å². The van der Waals surface area contributed by atoms with Gasteiger partial charge in [-0.15, -0.1) is 0 Å². The molecule has 0 spiro atoms. The standard InChI is InChI=1S/C12H10F2N2/c13-10-3-1-7(5-11(10)14)8-2-4-12-9(8)6-15-16-12/h1,3,5-6,8H,2,4H2,(H,15,16). The summed E-state index contributed by atoms with van der Waals surface area (Å²) in [5.41, 5.74) is 3.03. The fourth-order valence-corrected chi connectivity index (χ4v) is 2.34. The molecule has 1 heterocycles. The van der Waals surface area contributed by atoms with Gasteiger partial charge in [0.1, 0.15) is 0 Å². The number of benzene rings is 1. The average Bonchev–Trinajstić information content (AvgIpc) is 2.83. The Morgan fingerprint density at radius 3 is 2.94 bits per heavy atom. The van der Waals surface area contributed by atoms with Crippen molar-refractivity contribution in [3.63, 3.8) is 0 Å². The number of hydrogen-bond acceptors (Lipinski definition) is 1. The topological polar surface area (TPSA) is 28.7 Å². The zero-order chi connectivity index (χ0) is 11.1. The van der Waals surface area contributed by atoms with Crippen LogP contribution in [0.3, 0.4) is 0 Å². The van der Waals surface area contributed by atoms with Gasteiger partial charge in [0.05, 0.1) is 6.20 Å². The highest BCUT2D eigenvalue weighted by Gasteiger charge is 2.26. The summed E-state index contributed by atoms with van der Waals surface area (Å²) in [6, 6.07) is 4.11. The minimum atomic E-state index is -0.797. The van der Waals surface area contributed by atoms with Crippen LogP contribution < -0.4 is 0 Å². The SMILES string of the molecule is Fc1ccc(C2CCc3[nH]ncc32)cc1F. The molecule has 1 aromatic heterocycles. The molecule has 1 unspecified atom stereocenters. The van der Waals surface area contributed by atoms with Gasteiger partial charge in [-0.2, -0.15) is 5.10 Å². The van der Waals surface area contributed by atoms with Crippen molar-refractivity contribution < 1.29 is 8.78 Å². The second-order valence-electron chi connectivity index (χ2n) is 4.07. The number of rotatable bonds is 1. The first-order chi connectivity index (χ1) is 7.75. The molecule has 0 radical (unpaired) electrons. The van der Waals surface area contributed by atoms with Crippen LogP contribution in [-0.2, 0) is 6.42 Å². The third-order valence-corrected chi connectivity index (χ3v) is 3.16. The van der Waals surface area contributed by atoms with Crippen molar-refractivity contribution in [3.8, 4) is 0 Å². The third-order valence-electron chi connectivity index (χ3n) is 3.16. The molecular weight excluding hydrogens is 210 g/mol. The largest absolute Gasteiger partial charge is 0.282 e. The van der Waals surface area contributed by atoms with Gasteiger partial charge in [-0.25, -0.2) is 8.78 Å². The van der Waals surface area contributed by atoms with E-state index in [0.717, 1.165) is 29.7 Å². The van der Waals surface area contributed by atoms with Gasteiger partial charge in [-0.3, -0.25) is 5.10 Å². The quantitative estimate of drug-likeness (QED) is 0.786. The number of halogens is 2. The van der Waals surface area contributed by atoms with E-state index >= 15 is 0 Å². The molecule has 1 N–H and O–H groups in total. The van der Waals surface area contributed by atoms with Crippen molar-refractivity contribution in [1.29, 1.82) is 0 Å². The predicted molar refractivity (Wildman–Crippen MR) is 55.1 cm³/mol. The van der Waals surface area contributed by atoms with Crippen molar-refractivity contribution in [2.45, 2.75) is 18.8 Å². The minimum absolute atomic E-state index is 0.142. The summed E-state index contributed by atoms with van der Waals surface area (Å²) in [7, 11) is 0. The highest BCUT2D eigenvalue weighted by atomic mass is 19.2. The molecule has 0 aliphatic heterocycles. The van der Waals surface area contributed by atoms with Gasteiger partial charge in [0.25, 0.3) is 0 Å². The van der Waals surface area contributed by atoms with E-state index in [1.165, 1.54) is 12.1 Å². The Balaban J connectivity index is 2.03. The Hall–Kier alpha value is -1.71. The third kappa shape index (κ3) is 1.33. The fourth-order valence-electron chi connectivity index (χ4n) is 2.34. The first kappa shape index (κ1) is 9.51. The molecule has 0 saturated heterocycles. The van der Waals surface area contributed by atoms with Gasteiger partial charge in [0, 0.05) is 17.2 Å². The van der Waals surface area contributed by atoms with E-state index in [0.29, 0.717) is 0 Å². The molecule has 1 aliphatic rings. The van der Waals surface area contributed by atoms with Crippen LogP contribution in [0.1, 0.15) is 29.2 Å². The lowest BCUT2D eigenvalue weighted by atomic mass is 9.95. The summed E-state index contributed by atoms with van der Waals surface area (Å²) < 4.78 is 26.0. The first-order valence-corrected chi connectivity index (χ1v) is 5.23. The number of H-pyrrole nitrogens is 1. The van der Waals surface area contributed by atoms with Gasteiger partial charge < -0.3 is 0 Å². The van der Waals surface area contributed by atoms with Crippen molar-refractivity contribution >= 4 is 0 Å². The zero-order valence-electron chi connectivity index (χ0n) is 8.50. The molecule has 82 valence electrons. The number of aromatic amines is 1. The molecule has 1 aliphatic carbocycles. The van der Waals surface area contributed by atoms with Gasteiger partial charge >= 0.3 is 0 Å². The summed E-state index contributed by atoms with van der Waals surface area (Å²) in [5, 5.41) is 6.89. The molecule has 0 amide bonds. The van der Waals surface area contributed by atoms with E-state index in [4.69, 9.17) is 0 Å². The van der Waals surface area contributed by atoms with Crippen molar-refractivity contribution in [2.75, 3.05) is 0 Å². The van der Waals surface area contributed by atoms with Gasteiger partial charge in [-0.05, 0) is 30.5 Å². The fraction of sp³-hybridized carbons (Fsp3) is 0.250. The number of nitrogens with one attached hydrogen (secondary N) is 1. The number of nitrogens with zero attached hydrogens (tertiary/aromatic N) is 1. The zero-order valence-corrected chi connectivity index (χ0v) is 8.50. The Morgan fingerprint density at radius 2 is 2.12 bits per heavy atom. The Bertz CT molecular complexity index is 534. The maximum Gasteiger partial charge on any atom is 0.159 e. The molecule has 2 aromatic rings. The molecule has 3 rings (SSSR count). The van der Waals surface area contributed by atoms with Crippen LogP contribution in [0.25, 0.3) is 0 Å². The van der Waals surface area contributed by atoms with E-state index < -0.39 is 11.6 Å². The molecule has 0 bridgehead atoms. The van der Waals surface area contributed by atoms with Crippen LogP contribution in [0.4, 0.5) is 8.78 Å². The minimum Gasteiger partial charge on any atom is -0.282 e. The van der Waals surface area contributed by atoms with Gasteiger partial charge in [0.2, 0.25) is 0 Å². The summed E-state index contributed by atoms with van der Waals surface area (Å²) in [4.78, 5) is 0. The van der Waals surface area contributed by atoms with E-state index in [9.17, 15) is 8.78 Å². The summed E-state index contributed by atoms with van der Waals surface area (Å²) in [5.74, 6) is -1.44. The summed E-state index contributed by atoms with van der Waals surface area (Å²) in [6.45, 7) is 0. The molecule has 1 aromatic carbocycles. The van der Waals surface area contributed by atoms with Gasteiger partial charge in [-0.1, -0.05) is 6.07 Å². The van der Waals surface area contributed by atoms with Crippen molar-refractivity contribution in [3.05, 3.63) is 52.9 Å². The van der Waals surface area contributed by atoms with Crippen LogP contribution in [0, 0.1) is 11.6 Å². The van der Waals surface area contributed by atoms with Crippen LogP contribution >= 0.6 is 0 Å². The maximum atomic E-state index is 13.1. The number of aromatic nitrogens is 2. The molecule has 1 atom stereocenters. The van der Waals surface area contributed by atoms with Crippen molar-refractivity contribution in [2.24, 2.45) is 0 Å². The summed E-state index contributed by atoms with van der Waals surface area (Å²) >= 11 is 0. The monoisotopic (exact) mass is 220 g/mol. The van der Waals surface area contributed by atoms with E-state index in [1.54, 1.807) is 12.3 Å². The Kier molecular flexibility index (Phi) is 2.02. The van der Waals surface area contributed by atoms with Crippen LogP contribution in [0.5, 0.6) is 0 Å². The second-order valence-corrected chi connectivity index (χ2v) is 4.07. The van der Waals surface area contributed by atoms with Crippen LogP contribution in [-0.4, -0.2) is 10.2 Å². The average molecular weight is 220 g/mol. The molecule has 0 fully saturated rings. The molecule has 2 nitrogen and oxygen atoms in total.